The zero-order valence-corrected chi connectivity index (χ0v) is 44.5. The molecule has 0 aromatic heterocycles. The molecule has 30 heteroatoms. The van der Waals surface area contributed by atoms with Gasteiger partial charge in [0.2, 0.25) is 0 Å². The Labute approximate surface area is 424 Å². The SMILES string of the molecule is CCN[C@H]1C=C(S(=O)(=O)NC(=O)[C@H](C)OC(=O)[C@H](C)OC(=O)[C@H](C)OC(=O)[C@H](C)OC(=O)[C@H](C)OC(=O)[C@H](C)OC(=O)[C@H](C)OC(=O)[C@H](C)OC(=O)[C@H](C)OC(=O)[C@H](C)OC(=O)CC)SC2=C1C[C@H](C)S2(=O)=O. The van der Waals surface area contributed by atoms with Gasteiger partial charge in [-0.3, -0.25) is 9.59 Å². The van der Waals surface area contributed by atoms with E-state index in [0.29, 0.717) is 23.9 Å². The normalized spacial score (nSPS) is 20.0. The minimum Gasteiger partial charge on any atom is -0.451 e. The van der Waals surface area contributed by atoms with Crippen LogP contribution in [0.15, 0.2) is 20.1 Å². The second-order valence-corrected chi connectivity index (χ2v) is 21.7. The Balaban J connectivity index is 1.82. The summed E-state index contributed by atoms with van der Waals surface area (Å²) in [5.74, 6) is -13.4. The van der Waals surface area contributed by atoms with Crippen molar-refractivity contribution in [2.24, 2.45) is 0 Å². The quantitative estimate of drug-likeness (QED) is 0.0907. The van der Waals surface area contributed by atoms with E-state index in [9.17, 15) is 69.6 Å². The third-order valence-corrected chi connectivity index (χ3v) is 15.7. The van der Waals surface area contributed by atoms with Crippen molar-refractivity contribution in [1.29, 1.82) is 0 Å². The maximum Gasteiger partial charge on any atom is 0.347 e. The molecular formula is C43H60N2O25S3. The van der Waals surface area contributed by atoms with Gasteiger partial charge in [0.15, 0.2) is 70.9 Å². The molecule has 0 aromatic rings. The number of thioether (sulfide) groups is 1. The first kappa shape index (κ1) is 63.0. The van der Waals surface area contributed by atoms with Crippen LogP contribution in [0.1, 0.15) is 103 Å². The summed E-state index contributed by atoms with van der Waals surface area (Å²) >= 11 is 0.472. The van der Waals surface area contributed by atoms with Crippen LogP contribution in [0.3, 0.4) is 0 Å². The van der Waals surface area contributed by atoms with Crippen molar-refractivity contribution in [3.05, 3.63) is 20.1 Å². The first-order valence-electron chi connectivity index (χ1n) is 22.4. The van der Waals surface area contributed by atoms with Gasteiger partial charge in [-0.1, -0.05) is 25.6 Å². The third-order valence-electron chi connectivity index (χ3n) is 9.94. The Hall–Kier alpha value is -6.14. The number of hydrogen-bond donors (Lipinski definition) is 2. The first-order chi connectivity index (χ1) is 33.7. The van der Waals surface area contributed by atoms with Gasteiger partial charge < -0.3 is 52.7 Å². The molecule has 0 fully saturated rings. The number of nitrogens with one attached hydrogen (secondary N) is 2. The molecule has 410 valence electrons. The molecule has 0 saturated carbocycles. The molecule has 0 unspecified atom stereocenters. The standard InChI is InChI=1S/C43H60N2O25S3/c1-14-31(46)61-20(5)34(48)63-22(7)36(50)65-24(9)38(52)67-26(11)40(54)69-28(13)42(56)70-27(12)41(55)68-25(10)39(53)66-23(8)37(51)64-21(6)35(49)62-19(4)33(47)45-73(59,60)32-17-30(44-15-2)29-16-18(3)72(57,58)43(29)71-32/h17-28,30,44H,14-16H2,1-13H3,(H,45,47)/t18-,19-,20-,21-,22-,23-,24-,25-,26-,27-,28-,30-/m0/s1. The van der Waals surface area contributed by atoms with Gasteiger partial charge >= 0.3 is 59.7 Å². The number of carbonyl (C=O) groups excluding carboxylic acids is 11. The van der Waals surface area contributed by atoms with Gasteiger partial charge in [-0.05, 0) is 101 Å². The fourth-order valence-electron chi connectivity index (χ4n) is 5.62. The van der Waals surface area contributed by atoms with Gasteiger partial charge in [0.05, 0.1) is 11.3 Å². The van der Waals surface area contributed by atoms with Crippen molar-refractivity contribution in [3.63, 3.8) is 0 Å². The molecule has 2 aliphatic rings. The van der Waals surface area contributed by atoms with Crippen LogP contribution in [-0.2, 0) is 120 Å². The summed E-state index contributed by atoms with van der Waals surface area (Å²) in [6.07, 6.45) is -15.2. The Morgan fingerprint density at radius 1 is 0.534 bits per heavy atom. The lowest BCUT2D eigenvalue weighted by atomic mass is 10.0. The van der Waals surface area contributed by atoms with Crippen LogP contribution >= 0.6 is 11.8 Å². The highest BCUT2D eigenvalue weighted by Gasteiger charge is 2.44. The lowest BCUT2D eigenvalue weighted by Gasteiger charge is -2.23. The van der Waals surface area contributed by atoms with Crippen molar-refractivity contribution in [2.75, 3.05) is 6.54 Å². The second-order valence-electron chi connectivity index (χ2n) is 16.2. The molecular weight excluding hydrogens is 1040 g/mol. The van der Waals surface area contributed by atoms with E-state index in [2.05, 4.69) is 5.32 Å². The van der Waals surface area contributed by atoms with Crippen molar-refractivity contribution in [1.82, 2.24) is 10.0 Å². The molecule has 0 bridgehead atoms. The number of esters is 10. The van der Waals surface area contributed by atoms with Crippen LogP contribution in [-0.4, -0.2) is 161 Å². The maximum absolute atomic E-state index is 13.2. The molecule has 1 amide bonds. The highest BCUT2D eigenvalue weighted by atomic mass is 32.3. The summed E-state index contributed by atoms with van der Waals surface area (Å²) in [6, 6.07) is -0.745. The molecule has 0 radical (unpaired) electrons. The van der Waals surface area contributed by atoms with Gasteiger partial charge in [-0.15, -0.1) is 0 Å². The van der Waals surface area contributed by atoms with Gasteiger partial charge in [-0.25, -0.2) is 64.7 Å². The lowest BCUT2D eigenvalue weighted by Crippen LogP contribution is -2.42. The lowest BCUT2D eigenvalue weighted by molar-refractivity contribution is -0.189. The van der Waals surface area contributed by atoms with Crippen molar-refractivity contribution < 1.29 is 117 Å². The highest BCUT2D eigenvalue weighted by Crippen LogP contribution is 2.48. The Bertz CT molecular complexity index is 2450. The van der Waals surface area contributed by atoms with E-state index in [1.165, 1.54) is 26.8 Å². The Morgan fingerprint density at radius 3 is 1.11 bits per heavy atom. The first-order valence-corrected chi connectivity index (χ1v) is 26.2. The predicted molar refractivity (Wildman–Crippen MR) is 246 cm³/mol. The molecule has 2 rings (SSSR count). The molecule has 0 aliphatic carbocycles. The van der Waals surface area contributed by atoms with Crippen LogP contribution in [0.2, 0.25) is 0 Å². The topological polar surface area (TPSA) is 372 Å². The largest absolute Gasteiger partial charge is 0.451 e. The number of sulfonamides is 1. The number of sulfone groups is 1. The number of rotatable bonds is 25. The molecule has 0 spiro atoms. The van der Waals surface area contributed by atoms with Crippen LogP contribution in [0.5, 0.6) is 0 Å². The number of ether oxygens (including phenoxy) is 10. The average molecular weight is 1100 g/mol. The van der Waals surface area contributed by atoms with Gasteiger partial charge in [0.25, 0.3) is 15.9 Å². The van der Waals surface area contributed by atoms with Gasteiger partial charge in [-0.2, -0.15) is 0 Å². The highest BCUT2D eigenvalue weighted by molar-refractivity contribution is 8.28. The third kappa shape index (κ3) is 18.1. The summed E-state index contributed by atoms with van der Waals surface area (Å²) < 4.78 is 103. The van der Waals surface area contributed by atoms with E-state index in [0.717, 1.165) is 62.3 Å². The molecule has 2 heterocycles. The van der Waals surface area contributed by atoms with Crippen molar-refractivity contribution in [3.8, 4) is 0 Å². The molecule has 0 saturated heterocycles. The van der Waals surface area contributed by atoms with E-state index in [1.807, 2.05) is 0 Å². The van der Waals surface area contributed by atoms with Crippen molar-refractivity contribution in [2.45, 2.75) is 175 Å². The van der Waals surface area contributed by atoms with E-state index < -0.39 is 162 Å². The van der Waals surface area contributed by atoms with Crippen LogP contribution in [0, 0.1) is 0 Å². The smallest absolute Gasteiger partial charge is 0.347 e. The minimum atomic E-state index is -4.68. The second kappa shape index (κ2) is 27.2. The molecule has 2 N–H and O–H groups in total. The van der Waals surface area contributed by atoms with E-state index >= 15 is 0 Å². The fraction of sp³-hybridized carbons (Fsp3) is 0.651. The van der Waals surface area contributed by atoms with Crippen LogP contribution in [0.4, 0.5) is 0 Å². The number of carbonyl (C=O) groups is 11. The monoisotopic (exact) mass is 1100 g/mol. The zero-order valence-electron chi connectivity index (χ0n) is 42.1. The molecule has 27 nitrogen and oxygen atoms in total. The molecule has 2 aliphatic heterocycles. The predicted octanol–water partition coefficient (Wildman–Crippen LogP) is 0.144. The Morgan fingerprint density at radius 2 is 0.822 bits per heavy atom. The fourth-order valence-corrected chi connectivity index (χ4v) is 10.7. The number of likely N-dealkylation sites (N-methyl/N-ethyl adjacent to an activating group) is 1. The summed E-state index contributed by atoms with van der Waals surface area (Å²) in [5.41, 5.74) is 0.498. The zero-order chi connectivity index (χ0) is 56.0. The number of amides is 1. The van der Waals surface area contributed by atoms with Crippen LogP contribution < -0.4 is 10.0 Å². The van der Waals surface area contributed by atoms with Gasteiger partial charge in [0.1, 0.15) is 8.47 Å². The average Bonchev–Trinajstić information content (AvgIpc) is 3.54. The van der Waals surface area contributed by atoms with E-state index in [1.54, 1.807) is 11.6 Å². The summed E-state index contributed by atoms with van der Waals surface area (Å²) in [4.78, 5) is 137. The molecule has 73 heavy (non-hydrogen) atoms. The number of hydrogen-bond acceptors (Lipinski definition) is 27. The van der Waals surface area contributed by atoms with E-state index in [-0.39, 0.29) is 17.1 Å². The van der Waals surface area contributed by atoms with Gasteiger partial charge in [0, 0.05) is 6.42 Å². The van der Waals surface area contributed by atoms with Crippen molar-refractivity contribution >= 4 is 97.2 Å². The summed E-state index contributed by atoms with van der Waals surface area (Å²) in [7, 11) is -8.51. The van der Waals surface area contributed by atoms with E-state index in [4.69, 9.17) is 47.4 Å². The summed E-state index contributed by atoms with van der Waals surface area (Å²) in [6.45, 7) is 15.7. The maximum atomic E-state index is 13.2. The summed E-state index contributed by atoms with van der Waals surface area (Å²) in [5, 5.41) is 2.22. The Kier molecular flexibility index (Phi) is 23.5. The minimum absolute atomic E-state index is 0.0166. The molecule has 12 atom stereocenters. The molecule has 0 aromatic carbocycles. The van der Waals surface area contributed by atoms with Crippen LogP contribution in [0.25, 0.3) is 0 Å².